The van der Waals surface area contributed by atoms with Crippen LogP contribution in [0, 0.1) is 11.3 Å². The molecule has 0 bridgehead atoms. The van der Waals surface area contributed by atoms with Crippen molar-refractivity contribution < 1.29 is 19.1 Å². The maximum Gasteiger partial charge on any atom is 0.350 e. The van der Waals surface area contributed by atoms with Crippen molar-refractivity contribution in [2.75, 3.05) is 6.61 Å². The summed E-state index contributed by atoms with van der Waals surface area (Å²) in [5.74, 6) is -0.695. The van der Waals surface area contributed by atoms with Crippen LogP contribution in [0.25, 0.3) is 0 Å². The predicted octanol–water partition coefficient (Wildman–Crippen LogP) is 2.99. The Balaban J connectivity index is 1.86. The van der Waals surface area contributed by atoms with E-state index in [0.717, 1.165) is 12.8 Å². The van der Waals surface area contributed by atoms with Crippen molar-refractivity contribution in [1.82, 2.24) is 5.32 Å². The number of nitrogens with zero attached hydrogens (tertiary/aromatic N) is 1. The van der Waals surface area contributed by atoms with Gasteiger partial charge in [0.05, 0.1) is 6.07 Å². The highest BCUT2D eigenvalue weighted by atomic mass is 35.5. The number of ether oxygens (including phenoxy) is 2. The third kappa shape index (κ3) is 5.10. The quantitative estimate of drug-likeness (QED) is 0.784. The van der Waals surface area contributed by atoms with E-state index in [1.165, 1.54) is 0 Å². The van der Waals surface area contributed by atoms with Gasteiger partial charge in [-0.25, -0.2) is 4.79 Å². The molecule has 2 rings (SSSR count). The highest BCUT2D eigenvalue weighted by Gasteiger charge is 2.36. The first-order valence-electron chi connectivity index (χ1n) is 8.10. The molecule has 7 heteroatoms. The third-order valence-electron chi connectivity index (χ3n) is 4.06. The number of halogens is 1. The molecule has 1 N–H and O–H groups in total. The average Bonchev–Trinajstić information content (AvgIpc) is 3.03. The van der Waals surface area contributed by atoms with Crippen LogP contribution in [0.5, 0.6) is 5.75 Å². The maximum absolute atomic E-state index is 12.2. The van der Waals surface area contributed by atoms with Crippen LogP contribution in [0.1, 0.15) is 39.5 Å². The van der Waals surface area contributed by atoms with E-state index in [1.54, 1.807) is 38.1 Å². The van der Waals surface area contributed by atoms with E-state index in [0.29, 0.717) is 23.6 Å². The van der Waals surface area contributed by atoms with Crippen LogP contribution in [-0.4, -0.2) is 29.6 Å². The molecule has 0 radical (unpaired) electrons. The molecular formula is C18H21ClN2O4. The number of hydrogen-bond acceptors (Lipinski definition) is 5. The van der Waals surface area contributed by atoms with Crippen LogP contribution in [0.4, 0.5) is 0 Å². The van der Waals surface area contributed by atoms with Crippen molar-refractivity contribution in [3.63, 3.8) is 0 Å². The van der Waals surface area contributed by atoms with E-state index in [2.05, 4.69) is 11.4 Å². The topological polar surface area (TPSA) is 88.4 Å². The fourth-order valence-electron chi connectivity index (χ4n) is 2.69. The molecule has 0 unspecified atom stereocenters. The minimum absolute atomic E-state index is 0.449. The number of amides is 1. The lowest BCUT2D eigenvalue weighted by Gasteiger charge is -2.25. The Kier molecular flexibility index (Phi) is 5.91. The normalized spacial score (nSPS) is 15.9. The summed E-state index contributed by atoms with van der Waals surface area (Å²) in [5.41, 5.74) is -2.10. The molecule has 1 amide bonds. The first-order valence-corrected chi connectivity index (χ1v) is 8.48. The summed E-state index contributed by atoms with van der Waals surface area (Å²) in [5, 5.41) is 12.5. The Bertz CT molecular complexity index is 673. The summed E-state index contributed by atoms with van der Waals surface area (Å²) in [6.45, 7) is 2.65. The molecule has 1 aliphatic carbocycles. The molecular weight excluding hydrogens is 344 g/mol. The van der Waals surface area contributed by atoms with Crippen LogP contribution in [0.2, 0.25) is 5.02 Å². The van der Waals surface area contributed by atoms with E-state index < -0.39 is 29.6 Å². The monoisotopic (exact) mass is 364 g/mol. The fraction of sp³-hybridized carbons (Fsp3) is 0.500. The van der Waals surface area contributed by atoms with Gasteiger partial charge in [0.15, 0.2) is 12.2 Å². The summed E-state index contributed by atoms with van der Waals surface area (Å²) < 4.78 is 10.7. The van der Waals surface area contributed by atoms with Crippen molar-refractivity contribution in [1.29, 1.82) is 5.26 Å². The van der Waals surface area contributed by atoms with Gasteiger partial charge in [0.1, 0.15) is 11.3 Å². The minimum atomic E-state index is -1.27. The first kappa shape index (κ1) is 19.1. The SMILES string of the molecule is CC(C)(Oc1ccc(Cl)cc1)C(=O)OCC(=O)NC1(C#N)CCCC1. The van der Waals surface area contributed by atoms with Gasteiger partial charge in [-0.15, -0.1) is 0 Å². The first-order chi connectivity index (χ1) is 11.8. The number of carbonyl (C=O) groups excluding carboxylic acids is 2. The number of hydrogen-bond donors (Lipinski definition) is 1. The number of nitriles is 1. The van der Waals surface area contributed by atoms with Crippen molar-refractivity contribution >= 4 is 23.5 Å². The Hall–Kier alpha value is -2.26. The summed E-state index contributed by atoms with van der Waals surface area (Å²) >= 11 is 5.81. The smallest absolute Gasteiger partial charge is 0.350 e. The van der Waals surface area contributed by atoms with E-state index >= 15 is 0 Å². The molecule has 0 heterocycles. The Morgan fingerprint density at radius 2 is 1.88 bits per heavy atom. The van der Waals surface area contributed by atoms with Crippen molar-refractivity contribution in [2.45, 2.75) is 50.7 Å². The number of carbonyl (C=O) groups is 2. The lowest BCUT2D eigenvalue weighted by atomic mass is 10.00. The molecule has 25 heavy (non-hydrogen) atoms. The zero-order valence-corrected chi connectivity index (χ0v) is 15.1. The third-order valence-corrected chi connectivity index (χ3v) is 4.31. The van der Waals surface area contributed by atoms with Crippen molar-refractivity contribution in [3.8, 4) is 11.8 Å². The fourth-order valence-corrected chi connectivity index (χ4v) is 2.82. The van der Waals surface area contributed by atoms with E-state index in [-0.39, 0.29) is 0 Å². The highest BCUT2D eigenvalue weighted by Crippen LogP contribution is 2.28. The molecule has 0 aromatic heterocycles. The molecule has 1 saturated carbocycles. The second-order valence-electron chi connectivity index (χ2n) is 6.59. The predicted molar refractivity (Wildman–Crippen MR) is 92.1 cm³/mol. The molecule has 0 saturated heterocycles. The van der Waals surface area contributed by atoms with Crippen LogP contribution in [0.15, 0.2) is 24.3 Å². The second-order valence-corrected chi connectivity index (χ2v) is 7.03. The van der Waals surface area contributed by atoms with Gasteiger partial charge >= 0.3 is 5.97 Å². The van der Waals surface area contributed by atoms with Crippen LogP contribution in [-0.2, 0) is 14.3 Å². The summed E-state index contributed by atoms with van der Waals surface area (Å²) in [7, 11) is 0. The minimum Gasteiger partial charge on any atom is -0.476 e. The molecule has 0 aliphatic heterocycles. The van der Waals surface area contributed by atoms with Gasteiger partial charge in [-0.2, -0.15) is 5.26 Å². The lowest BCUT2D eigenvalue weighted by molar-refractivity contribution is -0.162. The molecule has 0 spiro atoms. The standard InChI is InChI=1S/C18H21ClN2O4/c1-17(2,25-14-7-5-13(19)6-8-14)16(23)24-11-15(22)21-18(12-20)9-3-4-10-18/h5-8H,3-4,9-11H2,1-2H3,(H,21,22). The maximum atomic E-state index is 12.2. The van der Waals surface area contributed by atoms with Crippen LogP contribution < -0.4 is 10.1 Å². The van der Waals surface area contributed by atoms with Gasteiger partial charge in [0.25, 0.3) is 5.91 Å². The number of esters is 1. The Morgan fingerprint density at radius 1 is 1.28 bits per heavy atom. The molecule has 1 aliphatic rings. The number of benzene rings is 1. The number of rotatable bonds is 6. The van der Waals surface area contributed by atoms with E-state index in [9.17, 15) is 14.9 Å². The summed E-state index contributed by atoms with van der Waals surface area (Å²) in [4.78, 5) is 24.2. The van der Waals surface area contributed by atoms with E-state index in [4.69, 9.17) is 21.1 Å². The molecule has 1 aromatic carbocycles. The zero-order chi connectivity index (χ0) is 18.5. The van der Waals surface area contributed by atoms with Gasteiger partial charge in [-0.1, -0.05) is 11.6 Å². The van der Waals surface area contributed by atoms with Gasteiger partial charge in [-0.3, -0.25) is 4.79 Å². The van der Waals surface area contributed by atoms with Crippen LogP contribution in [0.3, 0.4) is 0 Å². The van der Waals surface area contributed by atoms with Gasteiger partial charge in [0.2, 0.25) is 0 Å². The molecule has 6 nitrogen and oxygen atoms in total. The second kappa shape index (κ2) is 7.75. The molecule has 1 aromatic rings. The van der Waals surface area contributed by atoms with Gasteiger partial charge < -0.3 is 14.8 Å². The summed E-state index contributed by atoms with van der Waals surface area (Å²) in [6, 6.07) is 8.73. The zero-order valence-electron chi connectivity index (χ0n) is 14.3. The molecule has 134 valence electrons. The summed E-state index contributed by atoms with van der Waals surface area (Å²) in [6.07, 6.45) is 3.04. The van der Waals surface area contributed by atoms with Crippen LogP contribution >= 0.6 is 11.6 Å². The molecule has 1 fully saturated rings. The Morgan fingerprint density at radius 3 is 2.44 bits per heavy atom. The average molecular weight is 365 g/mol. The van der Waals surface area contributed by atoms with Crippen molar-refractivity contribution in [2.24, 2.45) is 0 Å². The van der Waals surface area contributed by atoms with Gasteiger partial charge in [0, 0.05) is 5.02 Å². The largest absolute Gasteiger partial charge is 0.476 e. The number of nitrogens with one attached hydrogen (secondary N) is 1. The molecule has 0 atom stereocenters. The highest BCUT2D eigenvalue weighted by molar-refractivity contribution is 6.30. The van der Waals surface area contributed by atoms with Crippen molar-refractivity contribution in [3.05, 3.63) is 29.3 Å². The Labute approximate surface area is 152 Å². The van der Waals surface area contributed by atoms with Gasteiger partial charge in [-0.05, 0) is 63.8 Å². The van der Waals surface area contributed by atoms with E-state index in [1.807, 2.05) is 0 Å². The lowest BCUT2D eigenvalue weighted by Crippen LogP contribution is -2.48.